The number of aryl methyl sites for hydroxylation is 1. The van der Waals surface area contributed by atoms with E-state index in [0.717, 1.165) is 72.0 Å². The first-order chi connectivity index (χ1) is 17.0. The molecule has 1 spiro atoms. The van der Waals surface area contributed by atoms with Crippen molar-refractivity contribution in [3.8, 4) is 5.00 Å². The van der Waals surface area contributed by atoms with Gasteiger partial charge in [0, 0.05) is 33.0 Å². The minimum Gasteiger partial charge on any atom is -0.353 e. The molecule has 2 aromatic heterocycles. The number of rotatable bonds is 3. The number of aromatic nitrogens is 3. The summed E-state index contributed by atoms with van der Waals surface area (Å²) in [4.78, 5) is 19.9. The molecule has 1 aromatic carbocycles. The summed E-state index contributed by atoms with van der Waals surface area (Å²) in [5.41, 5.74) is 3.94. The highest BCUT2D eigenvalue weighted by Gasteiger charge is 2.52. The predicted molar refractivity (Wildman–Crippen MR) is 138 cm³/mol. The van der Waals surface area contributed by atoms with Gasteiger partial charge >= 0.3 is 0 Å². The van der Waals surface area contributed by atoms with E-state index in [9.17, 15) is 4.79 Å². The molecule has 35 heavy (non-hydrogen) atoms. The summed E-state index contributed by atoms with van der Waals surface area (Å²) in [7, 11) is 0. The van der Waals surface area contributed by atoms with Crippen molar-refractivity contribution in [3.63, 3.8) is 0 Å². The Morgan fingerprint density at radius 2 is 1.94 bits per heavy atom. The molecule has 3 aromatic rings. The van der Waals surface area contributed by atoms with Gasteiger partial charge in [-0.3, -0.25) is 14.4 Å². The Bertz CT molecular complexity index is 1380. The molecule has 6 nitrogen and oxygen atoms in total. The largest absolute Gasteiger partial charge is 0.353 e. The number of halogens is 1. The summed E-state index contributed by atoms with van der Waals surface area (Å²) in [5.74, 6) is 2.01. The fourth-order valence-corrected chi connectivity index (χ4v) is 7.79. The van der Waals surface area contributed by atoms with E-state index >= 15 is 0 Å². The van der Waals surface area contributed by atoms with Crippen LogP contribution in [0.2, 0.25) is 5.02 Å². The molecule has 0 bridgehead atoms. The third-order valence-electron chi connectivity index (χ3n) is 8.14. The molecule has 3 heterocycles. The second-order valence-corrected chi connectivity index (χ2v) is 12.0. The number of hydrogen-bond donors (Lipinski definition) is 1. The standard InChI is InChI=1S/C27H28ClN5OS/c1-15-31-32-26-27(11-12-27)30-23(18-9-5-6-10-20(18)28)22-19-13-16(14-21(19)35-25(22)33(15)26)24(34)29-17-7-3-2-4-8-17/h5-6,9-10,16-17H,2-4,7-8,11-14H2,1H3,(H,29,34)/t16-/m0/s1. The quantitative estimate of drug-likeness (QED) is 0.525. The normalized spacial score (nSPS) is 22.2. The van der Waals surface area contributed by atoms with Crippen LogP contribution in [0, 0.1) is 12.8 Å². The smallest absolute Gasteiger partial charge is 0.224 e. The lowest BCUT2D eigenvalue weighted by atomic mass is 9.94. The molecule has 1 N–H and O–H groups in total. The number of aliphatic imine (C=N–C) groups is 1. The molecule has 3 aliphatic carbocycles. The summed E-state index contributed by atoms with van der Waals surface area (Å²) < 4.78 is 2.22. The zero-order valence-electron chi connectivity index (χ0n) is 19.8. The summed E-state index contributed by atoms with van der Waals surface area (Å²) in [6, 6.07) is 8.31. The molecule has 0 radical (unpaired) electrons. The Morgan fingerprint density at radius 1 is 1.14 bits per heavy atom. The monoisotopic (exact) mass is 505 g/mol. The van der Waals surface area contributed by atoms with Crippen molar-refractivity contribution in [2.45, 2.75) is 76.3 Å². The van der Waals surface area contributed by atoms with E-state index in [-0.39, 0.29) is 17.4 Å². The van der Waals surface area contributed by atoms with Gasteiger partial charge in [0.25, 0.3) is 0 Å². The Kier molecular flexibility index (Phi) is 4.97. The van der Waals surface area contributed by atoms with Crippen LogP contribution in [0.15, 0.2) is 29.3 Å². The average Bonchev–Trinajstić information content (AvgIpc) is 3.19. The highest BCUT2D eigenvalue weighted by molar-refractivity contribution is 7.15. The molecule has 0 unspecified atom stereocenters. The first-order valence-electron chi connectivity index (χ1n) is 12.8. The van der Waals surface area contributed by atoms with Crippen LogP contribution in [0.25, 0.3) is 5.00 Å². The van der Waals surface area contributed by atoms with E-state index in [1.165, 1.54) is 29.7 Å². The van der Waals surface area contributed by atoms with Crippen LogP contribution in [0.1, 0.15) is 78.2 Å². The Labute approximate surface area is 213 Å². The number of fused-ring (bicyclic) bond motifs is 6. The number of carbonyl (C=O) groups is 1. The zero-order valence-corrected chi connectivity index (χ0v) is 21.4. The Morgan fingerprint density at radius 3 is 2.71 bits per heavy atom. The lowest BCUT2D eigenvalue weighted by Crippen LogP contribution is -2.40. The number of amides is 1. The van der Waals surface area contributed by atoms with Crippen LogP contribution in [-0.2, 0) is 23.2 Å². The SMILES string of the molecule is Cc1nnc2n1-c1sc3c(c1C(c1ccccc1Cl)=NC21CC1)C[C@H](C(=O)NC1CCCCC1)C3. The van der Waals surface area contributed by atoms with Gasteiger partial charge in [0.05, 0.1) is 5.71 Å². The van der Waals surface area contributed by atoms with Crippen LogP contribution in [0.4, 0.5) is 0 Å². The van der Waals surface area contributed by atoms with E-state index in [0.29, 0.717) is 11.1 Å². The van der Waals surface area contributed by atoms with E-state index in [4.69, 9.17) is 16.6 Å². The fraction of sp³-hybridized carbons (Fsp3) is 0.481. The summed E-state index contributed by atoms with van der Waals surface area (Å²) >= 11 is 8.51. The Balaban J connectivity index is 1.32. The van der Waals surface area contributed by atoms with Crippen LogP contribution in [0.3, 0.4) is 0 Å². The van der Waals surface area contributed by atoms with E-state index in [1.54, 1.807) is 11.3 Å². The summed E-state index contributed by atoms with van der Waals surface area (Å²) in [5, 5.41) is 14.2. The molecular weight excluding hydrogens is 478 g/mol. The van der Waals surface area contributed by atoms with Gasteiger partial charge in [-0.15, -0.1) is 21.5 Å². The predicted octanol–water partition coefficient (Wildman–Crippen LogP) is 5.29. The van der Waals surface area contributed by atoms with Crippen molar-refractivity contribution < 1.29 is 4.79 Å². The van der Waals surface area contributed by atoms with Gasteiger partial charge in [-0.25, -0.2) is 0 Å². The number of nitrogens with zero attached hydrogens (tertiary/aromatic N) is 4. The van der Waals surface area contributed by atoms with Gasteiger partial charge in [-0.05, 0) is 57.1 Å². The molecule has 4 aliphatic rings. The van der Waals surface area contributed by atoms with Crippen molar-refractivity contribution in [1.82, 2.24) is 20.1 Å². The minimum absolute atomic E-state index is 0.0180. The van der Waals surface area contributed by atoms with Gasteiger partial charge < -0.3 is 5.32 Å². The number of nitrogens with one attached hydrogen (secondary N) is 1. The molecule has 8 heteroatoms. The van der Waals surface area contributed by atoms with Gasteiger partial charge in [0.15, 0.2) is 5.82 Å². The maximum Gasteiger partial charge on any atom is 0.224 e. The van der Waals surface area contributed by atoms with Crippen LogP contribution in [0.5, 0.6) is 0 Å². The number of carbonyl (C=O) groups excluding carboxylic acids is 1. The maximum absolute atomic E-state index is 13.3. The minimum atomic E-state index is -0.336. The van der Waals surface area contributed by atoms with E-state index < -0.39 is 0 Å². The Hall–Kier alpha value is -2.51. The molecule has 1 amide bonds. The van der Waals surface area contributed by atoms with Crippen molar-refractivity contribution >= 4 is 34.6 Å². The van der Waals surface area contributed by atoms with Gasteiger partial charge in [-0.1, -0.05) is 49.1 Å². The van der Waals surface area contributed by atoms with Crippen molar-refractivity contribution in [3.05, 3.63) is 62.5 Å². The third kappa shape index (κ3) is 3.42. The topological polar surface area (TPSA) is 72.2 Å². The first kappa shape index (κ1) is 21.7. The maximum atomic E-state index is 13.3. The molecule has 0 saturated heterocycles. The lowest BCUT2D eigenvalue weighted by molar-refractivity contribution is -0.125. The first-order valence-corrected chi connectivity index (χ1v) is 14.0. The van der Waals surface area contributed by atoms with Gasteiger partial charge in [-0.2, -0.15) is 0 Å². The molecular formula is C27H28ClN5OS. The number of hydrogen-bond acceptors (Lipinski definition) is 5. The fourth-order valence-electron chi connectivity index (χ4n) is 6.10. The highest BCUT2D eigenvalue weighted by atomic mass is 35.5. The highest BCUT2D eigenvalue weighted by Crippen LogP contribution is 2.54. The van der Waals surface area contributed by atoms with Gasteiger partial charge in [0.2, 0.25) is 5.91 Å². The average molecular weight is 506 g/mol. The van der Waals surface area contributed by atoms with Crippen molar-refractivity contribution in [1.29, 1.82) is 0 Å². The lowest BCUT2D eigenvalue weighted by Gasteiger charge is -2.24. The molecule has 1 atom stereocenters. The number of benzene rings is 1. The molecule has 180 valence electrons. The van der Waals surface area contributed by atoms with Crippen molar-refractivity contribution in [2.24, 2.45) is 10.9 Å². The third-order valence-corrected chi connectivity index (χ3v) is 9.71. The molecule has 2 fully saturated rings. The second-order valence-electron chi connectivity index (χ2n) is 10.5. The molecule has 1 aliphatic heterocycles. The van der Waals surface area contributed by atoms with E-state index in [1.807, 2.05) is 25.1 Å². The van der Waals surface area contributed by atoms with Crippen LogP contribution < -0.4 is 5.32 Å². The summed E-state index contributed by atoms with van der Waals surface area (Å²) in [6.07, 6.45) is 9.39. The van der Waals surface area contributed by atoms with Crippen LogP contribution in [-0.4, -0.2) is 32.4 Å². The molecule has 7 rings (SSSR count). The van der Waals surface area contributed by atoms with E-state index in [2.05, 4.69) is 26.1 Å². The number of thiophene rings is 1. The van der Waals surface area contributed by atoms with Gasteiger partial charge in [0.1, 0.15) is 16.4 Å². The summed E-state index contributed by atoms with van der Waals surface area (Å²) in [6.45, 7) is 2.02. The second kappa shape index (κ2) is 8.00. The van der Waals surface area contributed by atoms with Crippen LogP contribution >= 0.6 is 22.9 Å². The van der Waals surface area contributed by atoms with Crippen molar-refractivity contribution in [2.75, 3.05) is 0 Å². The zero-order chi connectivity index (χ0) is 23.7. The molecule has 2 saturated carbocycles.